The molecule has 2 aliphatic rings. The van der Waals surface area contributed by atoms with Gasteiger partial charge in [0, 0.05) is 48.6 Å². The summed E-state index contributed by atoms with van der Waals surface area (Å²) in [6, 6.07) is 16.8. The third-order valence-corrected chi connectivity index (χ3v) is 6.92. The van der Waals surface area contributed by atoms with E-state index in [1.54, 1.807) is 0 Å². The van der Waals surface area contributed by atoms with E-state index in [2.05, 4.69) is 65.3 Å². The molecule has 0 spiro atoms. The van der Waals surface area contributed by atoms with Crippen molar-refractivity contribution in [3.63, 3.8) is 0 Å². The Kier molecular flexibility index (Phi) is 6.46. The van der Waals surface area contributed by atoms with Crippen LogP contribution in [0.5, 0.6) is 0 Å². The van der Waals surface area contributed by atoms with Gasteiger partial charge in [0.1, 0.15) is 6.04 Å². The van der Waals surface area contributed by atoms with Crippen molar-refractivity contribution in [1.82, 2.24) is 4.90 Å². The van der Waals surface area contributed by atoms with Crippen LogP contribution < -0.4 is 10.2 Å². The van der Waals surface area contributed by atoms with Crippen LogP contribution in [0.1, 0.15) is 25.0 Å². The minimum Gasteiger partial charge on any atom is -0.374 e. The van der Waals surface area contributed by atoms with Crippen LogP contribution in [0.25, 0.3) is 0 Å². The van der Waals surface area contributed by atoms with E-state index in [4.69, 9.17) is 0 Å². The molecular weight excluding hydrogens is 378 g/mol. The number of nitrogens with zero attached hydrogens (tertiary/aromatic N) is 2. The van der Waals surface area contributed by atoms with Crippen molar-refractivity contribution in [1.29, 1.82) is 0 Å². The van der Waals surface area contributed by atoms with Gasteiger partial charge in [0.2, 0.25) is 5.91 Å². The van der Waals surface area contributed by atoms with Gasteiger partial charge in [0.05, 0.1) is 0 Å². The fraction of sp³-hybridized carbons (Fsp3) is 0.458. The summed E-state index contributed by atoms with van der Waals surface area (Å²) in [5.41, 5.74) is 4.68. The zero-order chi connectivity index (χ0) is 20.2. The third kappa shape index (κ3) is 4.78. The Morgan fingerprint density at radius 2 is 1.86 bits per heavy atom. The number of carbonyl (C=O) groups excluding carboxylic acids is 1. The second kappa shape index (κ2) is 9.23. The minimum absolute atomic E-state index is 0.134. The molecule has 2 unspecified atom stereocenters. The summed E-state index contributed by atoms with van der Waals surface area (Å²) in [6.07, 6.45) is 2.01. The third-order valence-electron chi connectivity index (χ3n) is 5.97. The quantitative estimate of drug-likeness (QED) is 0.781. The van der Waals surface area contributed by atoms with E-state index in [0.717, 1.165) is 30.8 Å². The molecule has 2 aromatic rings. The molecule has 1 saturated heterocycles. The molecule has 2 atom stereocenters. The van der Waals surface area contributed by atoms with E-state index < -0.39 is 0 Å². The number of benzene rings is 2. The van der Waals surface area contributed by atoms with Crippen LogP contribution in [0.4, 0.5) is 11.4 Å². The van der Waals surface area contributed by atoms with E-state index in [1.165, 1.54) is 35.7 Å². The molecule has 2 aromatic carbocycles. The second-order valence-electron chi connectivity index (χ2n) is 8.16. The molecule has 29 heavy (non-hydrogen) atoms. The van der Waals surface area contributed by atoms with E-state index >= 15 is 0 Å². The lowest BCUT2D eigenvalue weighted by Crippen LogP contribution is -2.44. The maximum absolute atomic E-state index is 13.1. The Morgan fingerprint density at radius 1 is 1.14 bits per heavy atom. The minimum atomic E-state index is -0.264. The van der Waals surface area contributed by atoms with Gasteiger partial charge >= 0.3 is 0 Å². The Balaban J connectivity index is 1.33. The summed E-state index contributed by atoms with van der Waals surface area (Å²) in [5.74, 6) is 2.65. The second-order valence-corrected chi connectivity index (χ2v) is 9.38. The number of nitrogens with one attached hydrogen (secondary N) is 1. The molecule has 2 aliphatic heterocycles. The van der Waals surface area contributed by atoms with Crippen molar-refractivity contribution in [2.45, 2.75) is 38.8 Å². The Labute approximate surface area is 178 Å². The predicted molar refractivity (Wildman–Crippen MR) is 124 cm³/mol. The van der Waals surface area contributed by atoms with Crippen LogP contribution in [0, 0.1) is 0 Å². The highest BCUT2D eigenvalue weighted by Gasteiger charge is 2.32. The number of rotatable bonds is 6. The standard InChI is InChI=1S/C24H31N3OS/c1-18-17-21-5-3-4-6-23(21)27(18)24(28)19(2)25-22-9-7-20(8-10-22)11-12-26-13-15-29-16-14-26/h3-10,18-19,25H,11-17H2,1-2H3. The highest BCUT2D eigenvalue weighted by atomic mass is 32.2. The van der Waals surface area contributed by atoms with Crippen molar-refractivity contribution in [3.8, 4) is 0 Å². The van der Waals surface area contributed by atoms with Gasteiger partial charge in [-0.1, -0.05) is 30.3 Å². The molecule has 4 nitrogen and oxygen atoms in total. The van der Waals surface area contributed by atoms with Crippen LogP contribution in [0.15, 0.2) is 48.5 Å². The first kappa shape index (κ1) is 20.3. The van der Waals surface area contributed by atoms with Crippen molar-refractivity contribution < 1.29 is 4.79 Å². The average molecular weight is 410 g/mol. The molecule has 0 aromatic heterocycles. The summed E-state index contributed by atoms with van der Waals surface area (Å²) in [7, 11) is 0. The average Bonchev–Trinajstić information content (AvgIpc) is 3.09. The van der Waals surface area contributed by atoms with Gasteiger partial charge in [-0.3, -0.25) is 4.79 Å². The first-order valence-corrected chi connectivity index (χ1v) is 11.8. The van der Waals surface area contributed by atoms with Crippen LogP contribution >= 0.6 is 11.8 Å². The summed E-state index contributed by atoms with van der Waals surface area (Å²) in [5, 5.41) is 3.40. The van der Waals surface area contributed by atoms with Gasteiger partial charge in [-0.05, 0) is 56.0 Å². The molecule has 4 rings (SSSR count). The monoisotopic (exact) mass is 409 g/mol. The van der Waals surface area contributed by atoms with Crippen molar-refractivity contribution in [2.75, 3.05) is 41.4 Å². The Bertz CT molecular complexity index is 832. The fourth-order valence-corrected chi connectivity index (χ4v) is 5.28. The lowest BCUT2D eigenvalue weighted by molar-refractivity contribution is -0.119. The Hall–Kier alpha value is -1.98. The van der Waals surface area contributed by atoms with Crippen molar-refractivity contribution >= 4 is 29.0 Å². The number of amides is 1. The fourth-order valence-electron chi connectivity index (χ4n) is 4.30. The maximum Gasteiger partial charge on any atom is 0.249 e. The largest absolute Gasteiger partial charge is 0.374 e. The van der Waals surface area contributed by atoms with Gasteiger partial charge in [0.25, 0.3) is 0 Å². The number of carbonyl (C=O) groups is 1. The molecule has 0 radical (unpaired) electrons. The lowest BCUT2D eigenvalue weighted by atomic mass is 10.1. The zero-order valence-corrected chi connectivity index (χ0v) is 18.3. The highest BCUT2D eigenvalue weighted by molar-refractivity contribution is 7.99. The Morgan fingerprint density at radius 3 is 2.62 bits per heavy atom. The molecule has 1 fully saturated rings. The highest BCUT2D eigenvalue weighted by Crippen LogP contribution is 2.32. The molecular formula is C24H31N3OS. The number of anilines is 2. The van der Waals surface area contributed by atoms with Gasteiger partial charge in [-0.15, -0.1) is 0 Å². The SMILES string of the molecule is CC(Nc1ccc(CCN2CCSCC2)cc1)C(=O)N1c2ccccc2CC1C. The molecule has 2 heterocycles. The maximum atomic E-state index is 13.1. The van der Waals surface area contributed by atoms with Crippen LogP contribution in [-0.2, 0) is 17.6 Å². The zero-order valence-electron chi connectivity index (χ0n) is 17.4. The molecule has 0 saturated carbocycles. The molecule has 1 amide bonds. The summed E-state index contributed by atoms with van der Waals surface area (Å²) in [6.45, 7) is 7.64. The van der Waals surface area contributed by atoms with Crippen LogP contribution in [0.2, 0.25) is 0 Å². The number of fused-ring (bicyclic) bond motifs is 1. The molecule has 0 aliphatic carbocycles. The van der Waals surface area contributed by atoms with Gasteiger partial charge < -0.3 is 15.1 Å². The first-order chi connectivity index (χ1) is 14.1. The van der Waals surface area contributed by atoms with Gasteiger partial charge in [0.15, 0.2) is 0 Å². The number of hydrogen-bond acceptors (Lipinski definition) is 4. The van der Waals surface area contributed by atoms with Crippen molar-refractivity contribution in [3.05, 3.63) is 59.7 Å². The topological polar surface area (TPSA) is 35.6 Å². The molecule has 1 N–H and O–H groups in total. The smallest absolute Gasteiger partial charge is 0.249 e. The van der Waals surface area contributed by atoms with Gasteiger partial charge in [-0.2, -0.15) is 11.8 Å². The summed E-state index contributed by atoms with van der Waals surface area (Å²) < 4.78 is 0. The molecule has 154 valence electrons. The van der Waals surface area contributed by atoms with Crippen molar-refractivity contribution in [2.24, 2.45) is 0 Å². The number of para-hydroxylation sites is 1. The molecule has 5 heteroatoms. The van der Waals surface area contributed by atoms with Crippen LogP contribution in [-0.4, -0.2) is 54.0 Å². The molecule has 0 bridgehead atoms. The van der Waals surface area contributed by atoms with Gasteiger partial charge in [-0.25, -0.2) is 0 Å². The normalized spacial score (nSPS) is 20.3. The number of hydrogen-bond donors (Lipinski definition) is 1. The van der Waals surface area contributed by atoms with Crippen LogP contribution in [0.3, 0.4) is 0 Å². The van der Waals surface area contributed by atoms with E-state index in [1.807, 2.05) is 24.0 Å². The first-order valence-electron chi connectivity index (χ1n) is 10.7. The lowest BCUT2D eigenvalue weighted by Gasteiger charge is -2.27. The summed E-state index contributed by atoms with van der Waals surface area (Å²) >= 11 is 2.05. The number of thioether (sulfide) groups is 1. The van der Waals surface area contributed by atoms with E-state index in [-0.39, 0.29) is 18.0 Å². The van der Waals surface area contributed by atoms with E-state index in [0.29, 0.717) is 0 Å². The summed E-state index contributed by atoms with van der Waals surface area (Å²) in [4.78, 5) is 17.6. The predicted octanol–water partition coefficient (Wildman–Crippen LogP) is 4.06. The van der Waals surface area contributed by atoms with E-state index in [9.17, 15) is 4.79 Å².